The van der Waals surface area contributed by atoms with Gasteiger partial charge in [-0.05, 0) is 55.5 Å². The van der Waals surface area contributed by atoms with Gasteiger partial charge in [-0.15, -0.1) is 0 Å². The monoisotopic (exact) mass is 601 g/mol. The Balaban J connectivity index is 1.20. The zero-order valence-electron chi connectivity index (χ0n) is 25.2. The number of hydrogen-bond acceptors (Lipinski definition) is 7. The van der Waals surface area contributed by atoms with Crippen molar-refractivity contribution in [1.29, 1.82) is 0 Å². The molecular weight excluding hydrogens is 562 g/mol. The van der Waals surface area contributed by atoms with Gasteiger partial charge in [0.1, 0.15) is 0 Å². The molecule has 1 aliphatic carbocycles. The molecule has 3 aromatic rings. The Morgan fingerprint density at radius 3 is 2.45 bits per heavy atom. The molecular formula is C33H39N5O6. The van der Waals surface area contributed by atoms with Crippen molar-refractivity contribution >= 4 is 34.5 Å². The molecule has 1 saturated heterocycles. The molecule has 232 valence electrons. The number of primary amides is 1. The van der Waals surface area contributed by atoms with Crippen LogP contribution in [0.3, 0.4) is 0 Å². The summed E-state index contributed by atoms with van der Waals surface area (Å²) in [4.78, 5) is 44.1. The predicted octanol–water partition coefficient (Wildman–Crippen LogP) is 4.24. The number of hydrogen-bond donors (Lipinski definition) is 2. The maximum absolute atomic E-state index is 13.8. The van der Waals surface area contributed by atoms with Crippen LogP contribution in [0.5, 0.6) is 11.5 Å². The third kappa shape index (κ3) is 5.70. The molecule has 0 radical (unpaired) electrons. The Bertz CT molecular complexity index is 1580. The molecule has 44 heavy (non-hydrogen) atoms. The number of likely N-dealkylation sites (tertiary alicyclic amines) is 1. The third-order valence-corrected chi connectivity index (χ3v) is 9.29. The lowest BCUT2D eigenvalue weighted by atomic mass is 9.73. The smallest absolute Gasteiger partial charge is 0.405 e. The van der Waals surface area contributed by atoms with Gasteiger partial charge in [0.25, 0.3) is 5.91 Å². The van der Waals surface area contributed by atoms with Crippen molar-refractivity contribution in [3.05, 3.63) is 59.8 Å². The van der Waals surface area contributed by atoms with E-state index in [1.807, 2.05) is 48.7 Å². The van der Waals surface area contributed by atoms with Gasteiger partial charge in [0, 0.05) is 54.0 Å². The van der Waals surface area contributed by atoms with E-state index in [0.717, 1.165) is 53.4 Å². The molecule has 1 aromatic heterocycles. The van der Waals surface area contributed by atoms with Crippen LogP contribution in [0, 0.1) is 11.8 Å². The zero-order valence-corrected chi connectivity index (χ0v) is 25.2. The third-order valence-electron chi connectivity index (χ3n) is 9.29. The number of benzene rings is 2. The number of rotatable bonds is 8. The van der Waals surface area contributed by atoms with Crippen LogP contribution in [-0.4, -0.2) is 78.0 Å². The van der Waals surface area contributed by atoms with Crippen LogP contribution in [0.15, 0.2) is 53.8 Å². The molecule has 3 heterocycles. The maximum Gasteiger partial charge on any atom is 0.405 e. The van der Waals surface area contributed by atoms with E-state index >= 15 is 0 Å². The highest BCUT2D eigenvalue weighted by Crippen LogP contribution is 2.40. The summed E-state index contributed by atoms with van der Waals surface area (Å²) in [6.07, 6.45) is 4.97. The number of piperidine rings is 1. The van der Waals surface area contributed by atoms with E-state index in [1.54, 1.807) is 24.1 Å². The van der Waals surface area contributed by atoms with E-state index in [-0.39, 0.29) is 36.1 Å². The van der Waals surface area contributed by atoms with E-state index in [0.29, 0.717) is 37.4 Å². The molecule has 3 N–H and O–H groups in total. The topological polar surface area (TPSA) is 140 Å². The molecule has 6 rings (SSSR count). The molecule has 3 atom stereocenters. The Morgan fingerprint density at radius 1 is 1.00 bits per heavy atom. The highest BCUT2D eigenvalue weighted by Gasteiger charge is 2.44. The molecule has 3 amide bonds. The van der Waals surface area contributed by atoms with Crippen LogP contribution in [-0.2, 0) is 20.7 Å². The molecule has 11 nitrogen and oxygen atoms in total. The Morgan fingerprint density at radius 2 is 1.73 bits per heavy atom. The van der Waals surface area contributed by atoms with E-state index in [9.17, 15) is 14.4 Å². The van der Waals surface area contributed by atoms with Crippen molar-refractivity contribution in [2.24, 2.45) is 22.7 Å². The van der Waals surface area contributed by atoms with Gasteiger partial charge in [-0.3, -0.25) is 9.59 Å². The van der Waals surface area contributed by atoms with Gasteiger partial charge >= 0.3 is 6.09 Å². The summed E-state index contributed by atoms with van der Waals surface area (Å²) in [5, 5.41) is 7.65. The summed E-state index contributed by atoms with van der Waals surface area (Å²) in [7, 11) is 3.22. The molecule has 3 aliphatic rings. The van der Waals surface area contributed by atoms with Crippen molar-refractivity contribution < 1.29 is 28.6 Å². The first-order chi connectivity index (χ1) is 21.4. The fourth-order valence-corrected chi connectivity index (χ4v) is 7.05. The number of carbonyl (C=O) groups is 3. The summed E-state index contributed by atoms with van der Waals surface area (Å²) in [6, 6.07) is 13.4. The highest BCUT2D eigenvalue weighted by molar-refractivity contribution is 6.07. The summed E-state index contributed by atoms with van der Waals surface area (Å²) >= 11 is 0. The number of nitrogens with zero attached hydrogens (tertiary/aromatic N) is 3. The zero-order chi connectivity index (χ0) is 30.8. The van der Waals surface area contributed by atoms with Crippen LogP contribution in [0.4, 0.5) is 4.79 Å². The number of hydrazone groups is 1. The molecule has 1 saturated carbocycles. The van der Waals surface area contributed by atoms with Gasteiger partial charge in [-0.2, -0.15) is 5.10 Å². The van der Waals surface area contributed by atoms with Gasteiger partial charge in [0.15, 0.2) is 17.6 Å². The second-order valence-electron chi connectivity index (χ2n) is 11.8. The average molecular weight is 602 g/mol. The van der Waals surface area contributed by atoms with Crippen LogP contribution in [0.2, 0.25) is 0 Å². The number of carbonyl (C=O) groups excluding carboxylic acids is 3. The second-order valence-corrected chi connectivity index (χ2v) is 11.8. The number of amides is 3. The van der Waals surface area contributed by atoms with Gasteiger partial charge in [-0.25, -0.2) is 9.80 Å². The lowest BCUT2D eigenvalue weighted by molar-refractivity contribution is -0.145. The first-order valence-electron chi connectivity index (χ1n) is 15.3. The SMILES string of the molecule is COc1ccc(C2=NN(C3CCN(C(=O)[C@@H](Cc4c[nH]c5ccccc45)OC(N)=O)CC3)C(=O)[C@@H]3CCCC[C@H]23)cc1OC. The number of H-pyrrole nitrogens is 1. The van der Waals surface area contributed by atoms with Crippen LogP contribution in [0.1, 0.15) is 49.7 Å². The van der Waals surface area contributed by atoms with E-state index < -0.39 is 12.2 Å². The van der Waals surface area contributed by atoms with Gasteiger partial charge in [0.2, 0.25) is 5.91 Å². The van der Waals surface area contributed by atoms with Crippen LogP contribution in [0.25, 0.3) is 10.9 Å². The van der Waals surface area contributed by atoms with Gasteiger partial charge in [-0.1, -0.05) is 31.0 Å². The number of para-hydroxylation sites is 1. The number of aromatic nitrogens is 1. The van der Waals surface area contributed by atoms with Gasteiger partial charge in [0.05, 0.1) is 26.0 Å². The first-order valence-corrected chi connectivity index (χ1v) is 15.3. The number of nitrogens with two attached hydrogens (primary N) is 1. The first kappa shape index (κ1) is 29.5. The van der Waals surface area contributed by atoms with Crippen LogP contribution >= 0.6 is 0 Å². The minimum atomic E-state index is -1.04. The average Bonchev–Trinajstić information content (AvgIpc) is 3.46. The summed E-state index contributed by atoms with van der Waals surface area (Å²) < 4.78 is 16.3. The van der Waals surface area contributed by atoms with Crippen molar-refractivity contribution in [1.82, 2.24) is 14.9 Å². The lowest BCUT2D eigenvalue weighted by Crippen LogP contribution is -2.54. The molecule has 0 unspecified atom stereocenters. The lowest BCUT2D eigenvalue weighted by Gasteiger charge is -2.43. The van der Waals surface area contributed by atoms with Gasteiger partial charge < -0.3 is 29.8 Å². The van der Waals surface area contributed by atoms with Crippen LogP contribution < -0.4 is 15.2 Å². The van der Waals surface area contributed by atoms with Crippen molar-refractivity contribution in [2.45, 2.75) is 57.1 Å². The number of fused-ring (bicyclic) bond motifs is 2. The summed E-state index contributed by atoms with van der Waals surface area (Å²) in [6.45, 7) is 0.824. The second kappa shape index (κ2) is 12.6. The Hall–Kier alpha value is -4.54. The van der Waals surface area contributed by atoms with Crippen molar-refractivity contribution in [3.63, 3.8) is 0 Å². The highest BCUT2D eigenvalue weighted by atomic mass is 16.6. The number of nitrogens with one attached hydrogen (secondary N) is 1. The Labute approximate surface area is 256 Å². The number of ether oxygens (including phenoxy) is 3. The minimum Gasteiger partial charge on any atom is -0.493 e. The largest absolute Gasteiger partial charge is 0.493 e. The number of methoxy groups -OCH3 is 2. The fourth-order valence-electron chi connectivity index (χ4n) is 7.05. The molecule has 2 aromatic carbocycles. The van der Waals surface area contributed by atoms with Crippen molar-refractivity contribution in [2.75, 3.05) is 27.3 Å². The molecule has 11 heteroatoms. The van der Waals surface area contributed by atoms with Crippen molar-refractivity contribution in [3.8, 4) is 11.5 Å². The minimum absolute atomic E-state index is 0.0588. The fraction of sp³-hybridized carbons (Fsp3) is 0.455. The van der Waals surface area contributed by atoms with E-state index in [1.165, 1.54) is 0 Å². The summed E-state index contributed by atoms with van der Waals surface area (Å²) in [5.74, 6) is 0.978. The maximum atomic E-state index is 13.8. The summed E-state index contributed by atoms with van der Waals surface area (Å²) in [5.41, 5.74) is 9.01. The predicted molar refractivity (Wildman–Crippen MR) is 164 cm³/mol. The molecule has 2 fully saturated rings. The standard InChI is InChI=1S/C33H39N5O6/c1-42-27-12-11-20(17-28(27)43-2)30-24-8-3-4-9-25(24)31(39)38(36-30)22-13-15-37(16-14-22)32(40)29(44-33(34)41)18-21-19-35-26-10-6-5-7-23(21)26/h5-7,10-12,17,19,22,24-25,29,35H,3-4,8-9,13-16,18H2,1-2H3,(H2,34,41)/t24-,25+,29+/m0/s1. The van der Waals surface area contributed by atoms with E-state index in [2.05, 4.69) is 4.98 Å². The number of aromatic amines is 1. The molecule has 2 aliphatic heterocycles. The molecule has 0 bridgehead atoms. The Kier molecular flexibility index (Phi) is 8.45. The molecule has 0 spiro atoms. The van der Waals surface area contributed by atoms with E-state index in [4.69, 9.17) is 25.0 Å². The quantitative estimate of drug-likeness (QED) is 0.396. The normalized spacial score (nSPS) is 21.4.